The van der Waals surface area contributed by atoms with Crippen molar-refractivity contribution in [2.24, 2.45) is 0 Å². The third-order valence-electron chi connectivity index (χ3n) is 4.56. The lowest BCUT2D eigenvalue weighted by atomic mass is 9.86. The van der Waals surface area contributed by atoms with Crippen molar-refractivity contribution in [1.29, 1.82) is 0 Å². The van der Waals surface area contributed by atoms with Gasteiger partial charge < -0.3 is 15.1 Å². The summed E-state index contributed by atoms with van der Waals surface area (Å²) in [5.41, 5.74) is -0.481. The molecular weight excluding hydrogens is 290 g/mol. The first kappa shape index (κ1) is 16.3. The molecule has 3 rings (SSSR count). The molecule has 2 saturated heterocycles. The number of halogens is 1. The first-order chi connectivity index (χ1) is 9.72. The van der Waals surface area contributed by atoms with Crippen molar-refractivity contribution >= 4 is 18.3 Å². The van der Waals surface area contributed by atoms with E-state index in [0.29, 0.717) is 0 Å². The van der Waals surface area contributed by atoms with E-state index in [2.05, 4.69) is 22.4 Å². The maximum absolute atomic E-state index is 13.1. The molecule has 0 spiro atoms. The molecule has 1 aromatic rings. The molecule has 2 aliphatic rings. The molecule has 6 nitrogen and oxygen atoms in total. The number of hydrogen-bond acceptors (Lipinski definition) is 4. The standard InChI is InChI=1S/C14H23N5O.ClH/c1-17-9-11-18(12-10-17)13(20)14(3-6-15-7-4-14)19-8-2-5-16-19;/h2,5,8,15H,3-4,6-7,9-12H2,1H3;1H. The van der Waals surface area contributed by atoms with E-state index in [1.807, 2.05) is 21.8 Å². The van der Waals surface area contributed by atoms with E-state index >= 15 is 0 Å². The Bertz CT molecular complexity index is 450. The van der Waals surface area contributed by atoms with E-state index < -0.39 is 5.54 Å². The molecule has 0 saturated carbocycles. The highest BCUT2D eigenvalue weighted by molar-refractivity contribution is 5.85. The van der Waals surface area contributed by atoms with Crippen LogP contribution in [-0.4, -0.2) is 71.8 Å². The Morgan fingerprint density at radius 2 is 1.86 bits per heavy atom. The highest BCUT2D eigenvalue weighted by Crippen LogP contribution is 2.29. The fourth-order valence-corrected chi connectivity index (χ4v) is 3.21. The second-order valence-electron chi connectivity index (χ2n) is 5.83. The van der Waals surface area contributed by atoms with Gasteiger partial charge in [0.15, 0.2) is 0 Å². The molecule has 0 bridgehead atoms. The van der Waals surface area contributed by atoms with Gasteiger partial charge in [-0.1, -0.05) is 0 Å². The van der Waals surface area contributed by atoms with Crippen molar-refractivity contribution in [3.63, 3.8) is 0 Å². The molecule has 0 atom stereocenters. The minimum absolute atomic E-state index is 0. The number of carbonyl (C=O) groups excluding carboxylic acids is 1. The summed E-state index contributed by atoms with van der Waals surface area (Å²) in [6.07, 6.45) is 5.33. The molecule has 1 amide bonds. The summed E-state index contributed by atoms with van der Waals surface area (Å²) < 4.78 is 1.88. The van der Waals surface area contributed by atoms with Gasteiger partial charge in [-0.15, -0.1) is 12.4 Å². The number of piperazine rings is 1. The summed E-state index contributed by atoms with van der Waals surface area (Å²) in [6.45, 7) is 5.31. The lowest BCUT2D eigenvalue weighted by molar-refractivity contribution is -0.144. The van der Waals surface area contributed by atoms with Crippen molar-refractivity contribution in [1.82, 2.24) is 24.9 Å². The van der Waals surface area contributed by atoms with Crippen LogP contribution in [0.5, 0.6) is 0 Å². The second kappa shape index (κ2) is 6.77. The number of piperidine rings is 1. The zero-order chi connectivity index (χ0) is 14.0. The molecule has 21 heavy (non-hydrogen) atoms. The predicted molar refractivity (Wildman–Crippen MR) is 83.6 cm³/mol. The number of nitrogens with zero attached hydrogens (tertiary/aromatic N) is 4. The average molecular weight is 314 g/mol. The van der Waals surface area contributed by atoms with Crippen LogP contribution in [0.4, 0.5) is 0 Å². The highest BCUT2D eigenvalue weighted by Gasteiger charge is 2.44. The largest absolute Gasteiger partial charge is 0.338 e. The number of nitrogens with one attached hydrogen (secondary N) is 1. The molecule has 1 aromatic heterocycles. The lowest BCUT2D eigenvalue weighted by Gasteiger charge is -2.42. The highest BCUT2D eigenvalue weighted by atomic mass is 35.5. The zero-order valence-electron chi connectivity index (χ0n) is 12.5. The van der Waals surface area contributed by atoms with Gasteiger partial charge in [0.25, 0.3) is 5.91 Å². The van der Waals surface area contributed by atoms with Crippen molar-refractivity contribution in [2.45, 2.75) is 18.4 Å². The number of aromatic nitrogens is 2. The fourth-order valence-electron chi connectivity index (χ4n) is 3.21. The molecule has 2 aliphatic heterocycles. The zero-order valence-corrected chi connectivity index (χ0v) is 13.3. The van der Waals surface area contributed by atoms with Gasteiger partial charge in [-0.2, -0.15) is 5.10 Å². The predicted octanol–water partition coefficient (Wildman–Crippen LogP) is 0.158. The van der Waals surface area contributed by atoms with Crippen LogP contribution < -0.4 is 5.32 Å². The Hall–Kier alpha value is -1.11. The summed E-state index contributed by atoms with van der Waals surface area (Å²) in [5.74, 6) is 0.246. The van der Waals surface area contributed by atoms with Gasteiger partial charge in [-0.3, -0.25) is 9.48 Å². The Morgan fingerprint density at radius 3 is 2.43 bits per heavy atom. The maximum Gasteiger partial charge on any atom is 0.250 e. The molecule has 0 aromatic carbocycles. The van der Waals surface area contributed by atoms with Crippen LogP contribution in [0.15, 0.2) is 18.5 Å². The summed E-state index contributed by atoms with van der Waals surface area (Å²) >= 11 is 0. The van der Waals surface area contributed by atoms with Crippen LogP contribution in [0.1, 0.15) is 12.8 Å². The average Bonchev–Trinajstić information content (AvgIpc) is 3.03. The van der Waals surface area contributed by atoms with E-state index in [-0.39, 0.29) is 18.3 Å². The monoisotopic (exact) mass is 313 g/mol. The van der Waals surface area contributed by atoms with E-state index in [1.165, 1.54) is 0 Å². The SMILES string of the molecule is CN1CCN(C(=O)C2(n3cccn3)CCNCC2)CC1.Cl. The van der Waals surface area contributed by atoms with Gasteiger partial charge in [0, 0.05) is 38.6 Å². The summed E-state index contributed by atoms with van der Waals surface area (Å²) in [5, 5.41) is 7.72. The van der Waals surface area contributed by atoms with Crippen LogP contribution in [0.2, 0.25) is 0 Å². The molecular formula is C14H24ClN5O. The van der Waals surface area contributed by atoms with Gasteiger partial charge in [0.2, 0.25) is 0 Å². The molecule has 1 N–H and O–H groups in total. The van der Waals surface area contributed by atoms with Crippen LogP contribution in [0.25, 0.3) is 0 Å². The smallest absolute Gasteiger partial charge is 0.250 e. The van der Waals surface area contributed by atoms with E-state index in [0.717, 1.165) is 52.1 Å². The first-order valence-electron chi connectivity index (χ1n) is 7.41. The first-order valence-corrected chi connectivity index (χ1v) is 7.41. The molecule has 0 unspecified atom stereocenters. The second-order valence-corrected chi connectivity index (χ2v) is 5.83. The minimum Gasteiger partial charge on any atom is -0.338 e. The molecule has 0 aliphatic carbocycles. The van der Waals surface area contributed by atoms with Gasteiger partial charge in [-0.25, -0.2) is 0 Å². The van der Waals surface area contributed by atoms with Crippen LogP contribution in [-0.2, 0) is 10.3 Å². The quantitative estimate of drug-likeness (QED) is 0.845. The number of rotatable bonds is 2. The van der Waals surface area contributed by atoms with E-state index in [4.69, 9.17) is 0 Å². The minimum atomic E-state index is -0.481. The molecule has 3 heterocycles. The van der Waals surface area contributed by atoms with Crippen LogP contribution in [0.3, 0.4) is 0 Å². The maximum atomic E-state index is 13.1. The van der Waals surface area contributed by atoms with Crippen molar-refractivity contribution < 1.29 is 4.79 Å². The van der Waals surface area contributed by atoms with Gasteiger partial charge in [-0.05, 0) is 39.0 Å². The topological polar surface area (TPSA) is 53.4 Å². The summed E-state index contributed by atoms with van der Waals surface area (Å²) in [6, 6.07) is 1.90. The Kier molecular flexibility index (Phi) is 5.24. The fraction of sp³-hybridized carbons (Fsp3) is 0.714. The molecule has 7 heteroatoms. The number of carbonyl (C=O) groups is 1. The normalized spacial score (nSPS) is 22.6. The van der Waals surface area contributed by atoms with Crippen LogP contribution in [0, 0.1) is 0 Å². The number of likely N-dealkylation sites (N-methyl/N-ethyl adjacent to an activating group) is 1. The Labute approximate surface area is 131 Å². The third-order valence-corrected chi connectivity index (χ3v) is 4.56. The van der Waals surface area contributed by atoms with Gasteiger partial charge >= 0.3 is 0 Å². The Morgan fingerprint density at radius 1 is 1.19 bits per heavy atom. The Balaban J connectivity index is 0.00000161. The van der Waals surface area contributed by atoms with E-state index in [1.54, 1.807) is 6.20 Å². The summed E-state index contributed by atoms with van der Waals surface area (Å²) in [7, 11) is 2.11. The molecule has 2 fully saturated rings. The van der Waals surface area contributed by atoms with Gasteiger partial charge in [0.1, 0.15) is 5.54 Å². The molecule has 0 radical (unpaired) electrons. The van der Waals surface area contributed by atoms with Crippen molar-refractivity contribution in [2.75, 3.05) is 46.3 Å². The summed E-state index contributed by atoms with van der Waals surface area (Å²) in [4.78, 5) is 17.4. The molecule has 118 valence electrons. The van der Waals surface area contributed by atoms with E-state index in [9.17, 15) is 4.79 Å². The van der Waals surface area contributed by atoms with Gasteiger partial charge in [0.05, 0.1) is 0 Å². The number of hydrogen-bond donors (Lipinski definition) is 1. The number of amides is 1. The van der Waals surface area contributed by atoms with Crippen molar-refractivity contribution in [3.8, 4) is 0 Å². The third kappa shape index (κ3) is 3.07. The lowest BCUT2D eigenvalue weighted by Crippen LogP contribution is -2.59. The van der Waals surface area contributed by atoms with Crippen molar-refractivity contribution in [3.05, 3.63) is 18.5 Å². The van der Waals surface area contributed by atoms with Crippen LogP contribution >= 0.6 is 12.4 Å².